The summed E-state index contributed by atoms with van der Waals surface area (Å²) < 4.78 is 55.4. The molecule has 5 aromatic rings. The normalized spacial score (nSPS) is 18.1. The SMILES string of the molecule is COc1nc(-c2cccc(-c3cccc(Nc4nc(C(F)(F)F)cc5c4c(=O)n(C)c(=O)n5C)c3Cl)c2Cl)cc2c1[C@@H](N1CC3(CNC(=O)CO3)C1)CC2. The van der Waals surface area contributed by atoms with Gasteiger partial charge in [0.15, 0.2) is 0 Å². The highest BCUT2D eigenvalue weighted by Crippen LogP contribution is 2.48. The Hall–Kier alpha value is -4.96. The molecule has 0 radical (unpaired) electrons. The van der Waals surface area contributed by atoms with Gasteiger partial charge in [-0.15, -0.1) is 0 Å². The van der Waals surface area contributed by atoms with Gasteiger partial charge in [0.05, 0.1) is 34.1 Å². The highest BCUT2D eigenvalue weighted by atomic mass is 35.5. The fourth-order valence-corrected chi connectivity index (χ4v) is 8.27. The van der Waals surface area contributed by atoms with Crippen molar-refractivity contribution in [1.29, 1.82) is 0 Å². The summed E-state index contributed by atoms with van der Waals surface area (Å²) in [4.78, 5) is 48.4. The number of carbonyl (C=O) groups is 1. The molecule has 280 valence electrons. The lowest BCUT2D eigenvalue weighted by atomic mass is 9.89. The number of morpholine rings is 1. The molecule has 1 aliphatic carbocycles. The van der Waals surface area contributed by atoms with Crippen LogP contribution in [0.4, 0.5) is 24.7 Å². The first-order chi connectivity index (χ1) is 25.7. The van der Waals surface area contributed by atoms with E-state index in [0.29, 0.717) is 59.0 Å². The van der Waals surface area contributed by atoms with E-state index >= 15 is 0 Å². The molecule has 54 heavy (non-hydrogen) atoms. The topological polar surface area (TPSA) is 133 Å². The number of anilines is 2. The number of amides is 1. The summed E-state index contributed by atoms with van der Waals surface area (Å²) in [5.41, 5.74) is 0.857. The van der Waals surface area contributed by atoms with E-state index in [1.54, 1.807) is 31.4 Å². The summed E-state index contributed by atoms with van der Waals surface area (Å²) in [5.74, 6) is -0.0458. The van der Waals surface area contributed by atoms with Crippen molar-refractivity contribution in [2.75, 3.05) is 38.7 Å². The van der Waals surface area contributed by atoms with Crippen molar-refractivity contribution in [3.8, 4) is 28.3 Å². The number of fused-ring (bicyclic) bond motifs is 2. The van der Waals surface area contributed by atoms with Gasteiger partial charge in [-0.1, -0.05) is 53.5 Å². The van der Waals surface area contributed by atoms with Gasteiger partial charge in [-0.25, -0.2) is 14.8 Å². The first-order valence-electron chi connectivity index (χ1n) is 16.9. The Kier molecular flexibility index (Phi) is 8.75. The first-order valence-corrected chi connectivity index (χ1v) is 17.7. The van der Waals surface area contributed by atoms with Crippen LogP contribution in [0.3, 0.4) is 0 Å². The van der Waals surface area contributed by atoms with Crippen LogP contribution in [0.5, 0.6) is 5.88 Å². The minimum atomic E-state index is -4.88. The summed E-state index contributed by atoms with van der Waals surface area (Å²) in [6.45, 7) is 1.90. The Morgan fingerprint density at radius 1 is 0.981 bits per heavy atom. The molecule has 12 nitrogen and oxygen atoms in total. The zero-order valence-electron chi connectivity index (χ0n) is 29.1. The van der Waals surface area contributed by atoms with Crippen molar-refractivity contribution < 1.29 is 27.4 Å². The van der Waals surface area contributed by atoms with E-state index in [2.05, 4.69) is 20.5 Å². The summed E-state index contributed by atoms with van der Waals surface area (Å²) in [5, 5.41) is 5.93. The summed E-state index contributed by atoms with van der Waals surface area (Å²) in [7, 11) is 4.08. The highest BCUT2D eigenvalue weighted by Gasteiger charge is 2.50. The average molecular weight is 783 g/mol. The third-order valence-corrected chi connectivity index (χ3v) is 11.2. The van der Waals surface area contributed by atoms with E-state index in [1.807, 2.05) is 12.1 Å². The van der Waals surface area contributed by atoms with Crippen LogP contribution in [0, 0.1) is 0 Å². The third kappa shape index (κ3) is 5.90. The van der Waals surface area contributed by atoms with E-state index < -0.39 is 28.9 Å². The number of alkyl halides is 3. The van der Waals surface area contributed by atoms with Gasteiger partial charge in [0, 0.05) is 62.0 Å². The molecule has 2 saturated heterocycles. The quantitative estimate of drug-likeness (QED) is 0.225. The number of ether oxygens (including phenoxy) is 2. The number of aromatic nitrogens is 4. The van der Waals surface area contributed by atoms with Gasteiger partial charge in [-0.2, -0.15) is 13.2 Å². The number of carbonyl (C=O) groups excluding carboxylic acids is 1. The molecule has 2 aliphatic heterocycles. The molecule has 1 spiro atoms. The smallest absolute Gasteiger partial charge is 0.433 e. The molecule has 2 aromatic carbocycles. The maximum atomic E-state index is 14.0. The molecule has 1 atom stereocenters. The van der Waals surface area contributed by atoms with Gasteiger partial charge < -0.3 is 20.1 Å². The minimum absolute atomic E-state index is 0.0593. The lowest BCUT2D eigenvalue weighted by Crippen LogP contribution is -2.70. The molecule has 0 saturated carbocycles. The molecule has 0 bridgehead atoms. The number of benzene rings is 2. The van der Waals surface area contributed by atoms with Gasteiger partial charge in [0.2, 0.25) is 11.8 Å². The highest BCUT2D eigenvalue weighted by molar-refractivity contribution is 6.39. The number of halogens is 5. The molecule has 8 rings (SSSR count). The van der Waals surface area contributed by atoms with Gasteiger partial charge in [-0.05, 0) is 36.6 Å². The Morgan fingerprint density at radius 2 is 1.69 bits per heavy atom. The summed E-state index contributed by atoms with van der Waals surface area (Å²) in [6, 6.07) is 13.0. The van der Waals surface area contributed by atoms with E-state index in [4.69, 9.17) is 37.7 Å². The third-order valence-electron chi connectivity index (χ3n) is 10.4. The van der Waals surface area contributed by atoms with Gasteiger partial charge in [0.1, 0.15) is 29.1 Å². The largest absolute Gasteiger partial charge is 0.481 e. The fourth-order valence-electron chi connectivity index (χ4n) is 7.67. The lowest BCUT2D eigenvalue weighted by molar-refractivity contribution is -0.179. The fraction of sp³-hybridized carbons (Fsp3) is 0.324. The number of nitrogens with zero attached hydrogens (tertiary/aromatic N) is 5. The number of hydrogen-bond acceptors (Lipinski definition) is 9. The van der Waals surface area contributed by atoms with E-state index in [1.165, 1.54) is 20.2 Å². The second-order valence-electron chi connectivity index (χ2n) is 13.7. The van der Waals surface area contributed by atoms with E-state index in [-0.39, 0.29) is 45.8 Å². The van der Waals surface area contributed by atoms with Crippen LogP contribution in [0.15, 0.2) is 58.1 Å². The van der Waals surface area contributed by atoms with Crippen LogP contribution in [-0.2, 0) is 36.2 Å². The Morgan fingerprint density at radius 3 is 2.37 bits per heavy atom. The number of methoxy groups -OCH3 is 1. The molecule has 1 amide bonds. The van der Waals surface area contributed by atoms with Crippen LogP contribution < -0.4 is 26.6 Å². The van der Waals surface area contributed by atoms with Gasteiger partial charge in [-0.3, -0.25) is 23.6 Å². The molecule has 3 aromatic heterocycles. The van der Waals surface area contributed by atoms with Crippen molar-refractivity contribution >= 4 is 51.5 Å². The average Bonchev–Trinajstić information content (AvgIpc) is 3.56. The number of rotatable bonds is 6. The van der Waals surface area contributed by atoms with Crippen LogP contribution in [0.1, 0.15) is 29.3 Å². The number of nitrogens with one attached hydrogen (secondary N) is 2. The molecule has 0 unspecified atom stereocenters. The van der Waals surface area contributed by atoms with E-state index in [9.17, 15) is 27.6 Å². The molecule has 2 fully saturated rings. The standard InChI is InChI=1S/C37H32Cl2F3N7O5/c1-47-25-13-26(37(40,41)42)46-32(29(25)34(51)48(2)35(47)52)44-22-9-5-7-20(31(22)39)19-6-4-8-21(30(19)38)23-12-18-10-11-24(28(18)33(45-23)53-3)49-16-36(17-49)15-43-27(50)14-54-36/h4-9,12-13,24H,10-11,14-17H2,1-3H3,(H,43,50)(H,44,46)/t24-/m0/s1. The maximum absolute atomic E-state index is 14.0. The molecule has 3 aliphatic rings. The predicted molar refractivity (Wildman–Crippen MR) is 197 cm³/mol. The molecular weight excluding hydrogens is 750 g/mol. The molecule has 2 N–H and O–H groups in total. The van der Waals surface area contributed by atoms with Gasteiger partial charge in [0.25, 0.3) is 5.56 Å². The molecular formula is C37H32Cl2F3N7O5. The first kappa shape index (κ1) is 36.0. The second-order valence-corrected chi connectivity index (χ2v) is 14.5. The number of pyridine rings is 2. The molecule has 17 heteroatoms. The second kappa shape index (κ2) is 13.1. The summed E-state index contributed by atoms with van der Waals surface area (Å²) in [6.07, 6.45) is -3.22. The Balaban J connectivity index is 1.14. The van der Waals surface area contributed by atoms with Crippen molar-refractivity contribution in [3.63, 3.8) is 0 Å². The van der Waals surface area contributed by atoms with Crippen molar-refractivity contribution in [1.82, 2.24) is 29.3 Å². The lowest BCUT2D eigenvalue weighted by Gasteiger charge is -2.53. The van der Waals surface area contributed by atoms with Crippen molar-refractivity contribution in [2.24, 2.45) is 14.1 Å². The number of hydrogen-bond donors (Lipinski definition) is 2. The van der Waals surface area contributed by atoms with Gasteiger partial charge >= 0.3 is 11.9 Å². The van der Waals surface area contributed by atoms with E-state index in [0.717, 1.165) is 33.1 Å². The zero-order chi connectivity index (χ0) is 38.3. The zero-order valence-corrected chi connectivity index (χ0v) is 30.6. The summed E-state index contributed by atoms with van der Waals surface area (Å²) >= 11 is 14.0. The predicted octanol–water partition coefficient (Wildman–Crippen LogP) is 5.63. The van der Waals surface area contributed by atoms with Crippen LogP contribution in [0.2, 0.25) is 10.0 Å². The number of likely N-dealkylation sites (tertiary alicyclic amines) is 1. The monoisotopic (exact) mass is 781 g/mol. The van der Waals surface area contributed by atoms with Crippen molar-refractivity contribution in [3.05, 3.63) is 96.2 Å². The van der Waals surface area contributed by atoms with Crippen LogP contribution >= 0.6 is 23.2 Å². The Bertz CT molecular complexity index is 2500. The minimum Gasteiger partial charge on any atom is -0.481 e. The maximum Gasteiger partial charge on any atom is 0.433 e. The van der Waals surface area contributed by atoms with Crippen molar-refractivity contribution in [2.45, 2.75) is 30.7 Å². The number of aryl methyl sites for hydroxylation is 2. The Labute approximate surface area is 315 Å². The molecule has 5 heterocycles. The van der Waals surface area contributed by atoms with Crippen LogP contribution in [0.25, 0.3) is 33.3 Å². The van der Waals surface area contributed by atoms with Crippen LogP contribution in [-0.4, -0.2) is 68.9 Å².